The zero-order valence-corrected chi connectivity index (χ0v) is 16.5. The van der Waals surface area contributed by atoms with E-state index in [0.717, 1.165) is 17.2 Å². The smallest absolute Gasteiger partial charge is 0.270 e. The van der Waals surface area contributed by atoms with Crippen LogP contribution in [-0.4, -0.2) is 39.4 Å². The summed E-state index contributed by atoms with van der Waals surface area (Å²) in [5.74, 6) is 0.538. The van der Waals surface area contributed by atoms with Crippen LogP contribution >= 0.6 is 0 Å². The average Bonchev–Trinajstić information content (AvgIpc) is 2.67. The first-order chi connectivity index (χ1) is 13.3. The SMILES string of the molecule is CN=C(NCCNS(=O)(=O)c1cccc([N+](=O)[O-])c1)NCc1cccc(C)c1. The maximum Gasteiger partial charge on any atom is 0.270 e. The van der Waals surface area contributed by atoms with E-state index in [-0.39, 0.29) is 17.1 Å². The summed E-state index contributed by atoms with van der Waals surface area (Å²) < 4.78 is 26.9. The summed E-state index contributed by atoms with van der Waals surface area (Å²) in [6.45, 7) is 2.99. The normalized spacial score (nSPS) is 11.9. The summed E-state index contributed by atoms with van der Waals surface area (Å²) >= 11 is 0. The summed E-state index contributed by atoms with van der Waals surface area (Å²) in [6.07, 6.45) is 0. The molecule has 9 nitrogen and oxygen atoms in total. The molecule has 2 aromatic carbocycles. The Balaban J connectivity index is 1.83. The van der Waals surface area contributed by atoms with E-state index in [9.17, 15) is 18.5 Å². The highest BCUT2D eigenvalue weighted by atomic mass is 32.2. The second kappa shape index (κ2) is 9.81. The summed E-state index contributed by atoms with van der Waals surface area (Å²) in [6, 6.07) is 13.0. The molecule has 2 aromatic rings. The maximum absolute atomic E-state index is 12.3. The Labute approximate surface area is 164 Å². The first-order valence-corrected chi connectivity index (χ1v) is 10.0. The van der Waals surface area contributed by atoms with Gasteiger partial charge in [0.15, 0.2) is 5.96 Å². The second-order valence-electron chi connectivity index (χ2n) is 5.99. The summed E-state index contributed by atoms with van der Waals surface area (Å²) in [5.41, 5.74) is 1.99. The monoisotopic (exact) mass is 405 g/mol. The van der Waals surface area contributed by atoms with Crippen LogP contribution in [0.3, 0.4) is 0 Å². The molecule has 150 valence electrons. The van der Waals surface area contributed by atoms with Gasteiger partial charge in [-0.3, -0.25) is 15.1 Å². The lowest BCUT2D eigenvalue weighted by atomic mass is 10.1. The number of aryl methyl sites for hydroxylation is 1. The van der Waals surface area contributed by atoms with Crippen molar-refractivity contribution in [3.05, 3.63) is 69.8 Å². The molecule has 0 aliphatic heterocycles. The van der Waals surface area contributed by atoms with Gasteiger partial charge in [-0.05, 0) is 18.6 Å². The highest BCUT2D eigenvalue weighted by Gasteiger charge is 2.17. The van der Waals surface area contributed by atoms with Gasteiger partial charge in [-0.2, -0.15) is 0 Å². The van der Waals surface area contributed by atoms with Gasteiger partial charge < -0.3 is 10.6 Å². The van der Waals surface area contributed by atoms with Crippen LogP contribution in [0.25, 0.3) is 0 Å². The van der Waals surface area contributed by atoms with Gasteiger partial charge in [-0.1, -0.05) is 35.9 Å². The largest absolute Gasteiger partial charge is 0.355 e. The van der Waals surface area contributed by atoms with E-state index in [0.29, 0.717) is 19.0 Å². The van der Waals surface area contributed by atoms with E-state index in [4.69, 9.17) is 0 Å². The predicted octanol–water partition coefficient (Wildman–Crippen LogP) is 1.55. The number of guanidine groups is 1. The molecule has 28 heavy (non-hydrogen) atoms. The number of benzene rings is 2. The molecule has 0 aliphatic carbocycles. The number of hydrogen-bond acceptors (Lipinski definition) is 5. The van der Waals surface area contributed by atoms with Gasteiger partial charge in [0.05, 0.1) is 9.82 Å². The third kappa shape index (κ3) is 6.32. The zero-order valence-electron chi connectivity index (χ0n) is 15.7. The molecule has 0 atom stereocenters. The molecule has 0 saturated heterocycles. The molecule has 0 saturated carbocycles. The molecule has 0 spiro atoms. The number of nitro benzene ring substituents is 1. The van der Waals surface area contributed by atoms with Gasteiger partial charge in [0.2, 0.25) is 10.0 Å². The van der Waals surface area contributed by atoms with E-state index in [1.165, 1.54) is 18.2 Å². The lowest BCUT2D eigenvalue weighted by molar-refractivity contribution is -0.385. The number of hydrogen-bond donors (Lipinski definition) is 3. The molecule has 0 bridgehead atoms. The highest BCUT2D eigenvalue weighted by Crippen LogP contribution is 2.16. The Morgan fingerprint density at radius 2 is 1.86 bits per heavy atom. The van der Waals surface area contributed by atoms with Gasteiger partial charge in [-0.25, -0.2) is 13.1 Å². The lowest BCUT2D eigenvalue weighted by Gasteiger charge is -2.13. The number of nitrogens with one attached hydrogen (secondary N) is 3. The zero-order chi connectivity index (χ0) is 20.6. The van der Waals surface area contributed by atoms with Crippen LogP contribution in [0.5, 0.6) is 0 Å². The van der Waals surface area contributed by atoms with Gasteiger partial charge in [0.25, 0.3) is 5.69 Å². The molecule has 3 N–H and O–H groups in total. The molecule has 10 heteroatoms. The minimum Gasteiger partial charge on any atom is -0.355 e. The number of rotatable bonds is 8. The van der Waals surface area contributed by atoms with E-state index in [1.807, 2.05) is 25.1 Å². The van der Waals surface area contributed by atoms with E-state index >= 15 is 0 Å². The molecule has 0 heterocycles. The number of aliphatic imine (C=N–C) groups is 1. The average molecular weight is 405 g/mol. The quantitative estimate of drug-likeness (QED) is 0.201. The van der Waals surface area contributed by atoms with Gasteiger partial charge in [-0.15, -0.1) is 0 Å². The Hall–Kier alpha value is -2.98. The number of nitro groups is 1. The Bertz CT molecular complexity index is 960. The van der Waals surface area contributed by atoms with Crippen molar-refractivity contribution in [2.45, 2.75) is 18.4 Å². The number of nitrogens with zero attached hydrogens (tertiary/aromatic N) is 2. The Kier molecular flexibility index (Phi) is 7.47. The first-order valence-electron chi connectivity index (χ1n) is 8.56. The molecule has 0 aromatic heterocycles. The van der Waals surface area contributed by atoms with Crippen molar-refractivity contribution < 1.29 is 13.3 Å². The van der Waals surface area contributed by atoms with Crippen LogP contribution in [0.4, 0.5) is 5.69 Å². The molecule has 0 amide bonds. The van der Waals surface area contributed by atoms with Crippen molar-refractivity contribution >= 4 is 21.7 Å². The highest BCUT2D eigenvalue weighted by molar-refractivity contribution is 7.89. The van der Waals surface area contributed by atoms with Gasteiger partial charge >= 0.3 is 0 Å². The van der Waals surface area contributed by atoms with E-state index < -0.39 is 14.9 Å². The van der Waals surface area contributed by atoms with Crippen molar-refractivity contribution in [3.8, 4) is 0 Å². The van der Waals surface area contributed by atoms with Crippen LogP contribution in [-0.2, 0) is 16.6 Å². The molecular weight excluding hydrogens is 382 g/mol. The fraction of sp³-hybridized carbons (Fsp3) is 0.278. The lowest BCUT2D eigenvalue weighted by Crippen LogP contribution is -2.41. The van der Waals surface area contributed by atoms with Crippen molar-refractivity contribution in [1.29, 1.82) is 0 Å². The second-order valence-corrected chi connectivity index (χ2v) is 7.76. The van der Waals surface area contributed by atoms with Crippen LogP contribution in [0.1, 0.15) is 11.1 Å². The van der Waals surface area contributed by atoms with Gasteiger partial charge in [0.1, 0.15) is 0 Å². The van der Waals surface area contributed by atoms with E-state index in [1.54, 1.807) is 7.05 Å². The third-order valence-corrected chi connectivity index (χ3v) is 5.27. The van der Waals surface area contributed by atoms with Crippen LogP contribution in [0.15, 0.2) is 58.4 Å². The van der Waals surface area contributed by atoms with E-state index in [2.05, 4.69) is 26.4 Å². The molecular formula is C18H23N5O4S. The maximum atomic E-state index is 12.3. The number of sulfonamides is 1. The van der Waals surface area contributed by atoms with Crippen LogP contribution in [0, 0.1) is 17.0 Å². The third-order valence-electron chi connectivity index (χ3n) is 3.81. The van der Waals surface area contributed by atoms with Crippen molar-refractivity contribution in [3.63, 3.8) is 0 Å². The van der Waals surface area contributed by atoms with Gasteiger partial charge in [0, 0.05) is 38.8 Å². The summed E-state index contributed by atoms with van der Waals surface area (Å²) in [4.78, 5) is 14.1. The molecule has 0 unspecified atom stereocenters. The molecule has 0 radical (unpaired) electrons. The number of non-ortho nitro benzene ring substituents is 1. The van der Waals surface area contributed by atoms with Crippen LogP contribution in [0.2, 0.25) is 0 Å². The molecule has 0 aliphatic rings. The molecule has 0 fully saturated rings. The minimum atomic E-state index is -3.84. The van der Waals surface area contributed by atoms with Crippen molar-refractivity contribution in [2.24, 2.45) is 4.99 Å². The predicted molar refractivity (Wildman–Crippen MR) is 108 cm³/mol. The Morgan fingerprint density at radius 3 is 2.54 bits per heavy atom. The van der Waals surface area contributed by atoms with Crippen LogP contribution < -0.4 is 15.4 Å². The fourth-order valence-electron chi connectivity index (χ4n) is 2.44. The van der Waals surface area contributed by atoms with Crippen molar-refractivity contribution in [1.82, 2.24) is 15.4 Å². The summed E-state index contributed by atoms with van der Waals surface area (Å²) in [7, 11) is -2.21. The molecule has 2 rings (SSSR count). The standard InChI is InChI=1S/C18H23N5O4S/c1-14-5-3-6-15(11-14)13-21-18(19-2)20-9-10-22-28(26,27)17-8-4-7-16(12-17)23(24)25/h3-8,11-12,22H,9-10,13H2,1-2H3,(H2,19,20,21). The summed E-state index contributed by atoms with van der Waals surface area (Å²) in [5, 5.41) is 17.0. The fourth-order valence-corrected chi connectivity index (χ4v) is 3.51. The van der Waals surface area contributed by atoms with Crippen molar-refractivity contribution in [2.75, 3.05) is 20.1 Å². The minimum absolute atomic E-state index is 0.0934. The first kappa shape index (κ1) is 21.3. The topological polar surface area (TPSA) is 126 Å². The Morgan fingerprint density at radius 1 is 1.11 bits per heavy atom.